The first kappa shape index (κ1) is 9.97. The fourth-order valence-electron chi connectivity index (χ4n) is 1.90. The molecule has 1 aliphatic rings. The summed E-state index contributed by atoms with van der Waals surface area (Å²) in [5, 5.41) is 12.2. The lowest BCUT2D eigenvalue weighted by Crippen LogP contribution is -2.33. The van der Waals surface area contributed by atoms with Crippen molar-refractivity contribution in [3.05, 3.63) is 24.0 Å². The lowest BCUT2D eigenvalue weighted by atomic mass is 9.70. The van der Waals surface area contributed by atoms with Crippen molar-refractivity contribution in [3.8, 4) is 6.07 Å². The van der Waals surface area contributed by atoms with Crippen molar-refractivity contribution >= 4 is 5.69 Å². The van der Waals surface area contributed by atoms with Crippen molar-refractivity contribution in [2.75, 3.05) is 11.9 Å². The molecule has 0 radical (unpaired) electrons. The van der Waals surface area contributed by atoms with E-state index in [9.17, 15) is 0 Å². The maximum atomic E-state index is 8.87. The van der Waals surface area contributed by atoms with Gasteiger partial charge in [-0.25, -0.2) is 4.98 Å². The topological polar surface area (TPSA) is 48.7 Å². The molecule has 0 amide bonds. The second kappa shape index (κ2) is 3.90. The second-order valence-electron chi connectivity index (χ2n) is 4.53. The van der Waals surface area contributed by atoms with Gasteiger partial charge in [0.25, 0.3) is 0 Å². The van der Waals surface area contributed by atoms with Gasteiger partial charge in [-0.1, -0.05) is 13.3 Å². The van der Waals surface area contributed by atoms with Gasteiger partial charge in [0.15, 0.2) is 5.69 Å². The minimum Gasteiger partial charge on any atom is -0.382 e. The van der Waals surface area contributed by atoms with Crippen LogP contribution in [0.2, 0.25) is 0 Å². The van der Waals surface area contributed by atoms with E-state index in [0.29, 0.717) is 11.1 Å². The van der Waals surface area contributed by atoms with Crippen molar-refractivity contribution in [2.24, 2.45) is 5.41 Å². The maximum Gasteiger partial charge on any atom is 0.163 e. The Balaban J connectivity index is 2.02. The van der Waals surface area contributed by atoms with E-state index >= 15 is 0 Å². The number of hydrogen-bond donors (Lipinski definition) is 1. The highest BCUT2D eigenvalue weighted by Crippen LogP contribution is 2.40. The Morgan fingerprint density at radius 3 is 3.00 bits per heavy atom. The molecule has 1 fully saturated rings. The molecule has 1 aliphatic carbocycles. The van der Waals surface area contributed by atoms with Gasteiger partial charge in [0.1, 0.15) is 6.07 Å². The Morgan fingerprint density at radius 2 is 2.40 bits per heavy atom. The van der Waals surface area contributed by atoms with Crippen molar-refractivity contribution in [3.63, 3.8) is 0 Å². The average Bonchev–Trinajstić information content (AvgIpc) is 2.24. The lowest BCUT2D eigenvalue weighted by molar-refractivity contribution is 0.180. The van der Waals surface area contributed by atoms with Crippen LogP contribution in [-0.2, 0) is 0 Å². The van der Waals surface area contributed by atoms with Crippen LogP contribution in [-0.4, -0.2) is 11.5 Å². The summed E-state index contributed by atoms with van der Waals surface area (Å²) in [6.07, 6.45) is 5.54. The third-order valence-electron chi connectivity index (χ3n) is 3.18. The van der Waals surface area contributed by atoms with E-state index < -0.39 is 0 Å². The summed E-state index contributed by atoms with van der Waals surface area (Å²) in [6.45, 7) is 3.22. The monoisotopic (exact) mass is 201 g/mol. The first-order valence-corrected chi connectivity index (χ1v) is 5.32. The van der Waals surface area contributed by atoms with Gasteiger partial charge < -0.3 is 5.32 Å². The van der Waals surface area contributed by atoms with E-state index in [-0.39, 0.29) is 0 Å². The van der Waals surface area contributed by atoms with Gasteiger partial charge in [-0.05, 0) is 30.4 Å². The molecule has 0 saturated heterocycles. The molecule has 15 heavy (non-hydrogen) atoms. The number of anilines is 1. The number of nitriles is 1. The smallest absolute Gasteiger partial charge is 0.163 e. The molecule has 0 aliphatic heterocycles. The molecule has 1 aromatic heterocycles. The van der Waals surface area contributed by atoms with Crippen LogP contribution in [0.3, 0.4) is 0 Å². The van der Waals surface area contributed by atoms with Crippen LogP contribution < -0.4 is 5.32 Å². The number of aromatic nitrogens is 1. The predicted molar refractivity (Wildman–Crippen MR) is 59.4 cm³/mol. The zero-order chi connectivity index (χ0) is 10.7. The summed E-state index contributed by atoms with van der Waals surface area (Å²) < 4.78 is 0. The highest BCUT2D eigenvalue weighted by Gasteiger charge is 2.31. The van der Waals surface area contributed by atoms with Crippen molar-refractivity contribution in [1.29, 1.82) is 5.26 Å². The molecule has 1 N–H and O–H groups in total. The van der Waals surface area contributed by atoms with Crippen LogP contribution in [0.5, 0.6) is 0 Å². The first-order valence-electron chi connectivity index (χ1n) is 5.32. The Morgan fingerprint density at radius 1 is 1.60 bits per heavy atom. The zero-order valence-electron chi connectivity index (χ0n) is 8.95. The minimum absolute atomic E-state index is 0.419. The van der Waals surface area contributed by atoms with Crippen LogP contribution >= 0.6 is 0 Å². The van der Waals surface area contributed by atoms with Crippen molar-refractivity contribution in [2.45, 2.75) is 26.2 Å². The SMILES string of the molecule is CC1(CNc2cccnc2C#N)CCC1. The number of rotatable bonds is 3. The quantitative estimate of drug-likeness (QED) is 0.817. The van der Waals surface area contributed by atoms with E-state index in [1.165, 1.54) is 19.3 Å². The second-order valence-corrected chi connectivity index (χ2v) is 4.53. The van der Waals surface area contributed by atoms with Crippen LogP contribution in [0.25, 0.3) is 0 Å². The molecule has 0 aromatic carbocycles. The normalized spacial score (nSPS) is 17.6. The highest BCUT2D eigenvalue weighted by atomic mass is 14.9. The summed E-state index contributed by atoms with van der Waals surface area (Å²) in [5.74, 6) is 0. The molecule has 1 heterocycles. The van der Waals surface area contributed by atoms with Crippen LogP contribution in [0, 0.1) is 16.7 Å². The molecule has 78 valence electrons. The van der Waals surface area contributed by atoms with E-state index in [1.54, 1.807) is 6.20 Å². The summed E-state index contributed by atoms with van der Waals surface area (Å²) in [5.41, 5.74) is 1.76. The van der Waals surface area contributed by atoms with E-state index in [4.69, 9.17) is 5.26 Å². The minimum atomic E-state index is 0.419. The standard InChI is InChI=1S/C12H15N3/c1-12(5-3-6-12)9-15-10-4-2-7-14-11(10)8-13/h2,4,7,15H,3,5-6,9H2,1H3. The lowest BCUT2D eigenvalue weighted by Gasteiger charge is -2.38. The number of nitrogens with zero attached hydrogens (tertiary/aromatic N) is 2. The summed E-state index contributed by atoms with van der Waals surface area (Å²) >= 11 is 0. The molecule has 1 aromatic rings. The number of nitrogens with one attached hydrogen (secondary N) is 1. The van der Waals surface area contributed by atoms with Gasteiger partial charge in [-0.15, -0.1) is 0 Å². The Bertz CT molecular complexity index is 388. The van der Waals surface area contributed by atoms with Gasteiger partial charge >= 0.3 is 0 Å². The zero-order valence-corrected chi connectivity index (χ0v) is 8.95. The Kier molecular flexibility index (Phi) is 2.59. The molecule has 0 spiro atoms. The number of hydrogen-bond acceptors (Lipinski definition) is 3. The van der Waals surface area contributed by atoms with Crippen LogP contribution in [0.4, 0.5) is 5.69 Å². The van der Waals surface area contributed by atoms with Gasteiger partial charge in [0, 0.05) is 12.7 Å². The van der Waals surface area contributed by atoms with E-state index in [2.05, 4.69) is 23.3 Å². The van der Waals surface area contributed by atoms with E-state index in [0.717, 1.165) is 12.2 Å². The molecule has 0 atom stereocenters. The first-order chi connectivity index (χ1) is 7.23. The average molecular weight is 201 g/mol. The van der Waals surface area contributed by atoms with Gasteiger partial charge in [-0.3, -0.25) is 0 Å². The molecule has 1 saturated carbocycles. The van der Waals surface area contributed by atoms with Crippen molar-refractivity contribution < 1.29 is 0 Å². The molecule has 0 unspecified atom stereocenters. The van der Waals surface area contributed by atoms with Crippen LogP contribution in [0.1, 0.15) is 31.9 Å². The highest BCUT2D eigenvalue weighted by molar-refractivity contribution is 5.53. The fourth-order valence-corrected chi connectivity index (χ4v) is 1.90. The maximum absolute atomic E-state index is 8.87. The molecular weight excluding hydrogens is 186 g/mol. The summed E-state index contributed by atoms with van der Waals surface area (Å²) in [4.78, 5) is 4.02. The predicted octanol–water partition coefficient (Wildman–Crippen LogP) is 2.56. The van der Waals surface area contributed by atoms with Gasteiger partial charge in [0.05, 0.1) is 5.69 Å². The molecular formula is C12H15N3. The van der Waals surface area contributed by atoms with Crippen molar-refractivity contribution in [1.82, 2.24) is 4.98 Å². The molecule has 0 bridgehead atoms. The van der Waals surface area contributed by atoms with Gasteiger partial charge in [0.2, 0.25) is 0 Å². The number of pyridine rings is 1. The summed E-state index contributed by atoms with van der Waals surface area (Å²) in [7, 11) is 0. The Labute approximate surface area is 90.1 Å². The third-order valence-corrected chi connectivity index (χ3v) is 3.18. The molecule has 3 nitrogen and oxygen atoms in total. The third kappa shape index (κ3) is 2.10. The summed E-state index contributed by atoms with van der Waals surface area (Å²) in [6, 6.07) is 5.86. The molecule has 3 heteroatoms. The van der Waals surface area contributed by atoms with Gasteiger partial charge in [-0.2, -0.15) is 5.26 Å². The molecule has 2 rings (SSSR count). The largest absolute Gasteiger partial charge is 0.382 e. The van der Waals surface area contributed by atoms with E-state index in [1.807, 2.05) is 12.1 Å². The fraction of sp³-hybridized carbons (Fsp3) is 0.500. The van der Waals surface area contributed by atoms with Crippen LogP contribution in [0.15, 0.2) is 18.3 Å². The Hall–Kier alpha value is -1.56.